The normalized spacial score (nSPS) is 59.6. The maximum absolute atomic E-state index is 12.2. The highest BCUT2D eigenvalue weighted by Gasteiger charge is 2.84. The van der Waals surface area contributed by atoms with Crippen LogP contribution in [0.1, 0.15) is 71.6 Å². The minimum Gasteiger partial charge on any atom is -0.458 e. The predicted octanol–water partition coefficient (Wildman–Crippen LogP) is 3.73. The molecule has 2 spiro atoms. The van der Waals surface area contributed by atoms with E-state index in [0.717, 1.165) is 25.7 Å². The third-order valence-corrected chi connectivity index (χ3v) is 10.4. The van der Waals surface area contributed by atoms with Crippen LogP contribution < -0.4 is 0 Å². The highest BCUT2D eigenvalue weighted by Crippen LogP contribution is 2.81. The first-order valence-corrected chi connectivity index (χ1v) is 11.0. The van der Waals surface area contributed by atoms with Gasteiger partial charge in [-0.15, -0.1) is 0 Å². The highest BCUT2D eigenvalue weighted by molar-refractivity contribution is 5.84. The van der Waals surface area contributed by atoms with E-state index in [4.69, 9.17) is 9.47 Å². The number of hydrogen-bond acceptors (Lipinski definition) is 4. The van der Waals surface area contributed by atoms with E-state index in [1.165, 1.54) is 18.4 Å². The molecule has 0 amide bonds. The number of esters is 1. The van der Waals surface area contributed by atoms with Gasteiger partial charge in [-0.1, -0.05) is 25.0 Å². The fraction of sp³-hybridized carbons (Fsp3) is 0.826. The van der Waals surface area contributed by atoms with Gasteiger partial charge < -0.3 is 9.47 Å². The number of ether oxygens (including phenoxy) is 2. The van der Waals surface area contributed by atoms with Crippen molar-refractivity contribution in [3.63, 3.8) is 0 Å². The number of Topliss-reactive ketones (excluding diaryl/α,β-unsaturated/α-hetero) is 1. The minimum absolute atomic E-state index is 0.00104. The summed E-state index contributed by atoms with van der Waals surface area (Å²) in [6.45, 7) is 4.81. The lowest BCUT2D eigenvalue weighted by atomic mass is 9.46. The van der Waals surface area contributed by atoms with Crippen molar-refractivity contribution in [1.82, 2.24) is 0 Å². The molecular formula is C23H28O4. The van der Waals surface area contributed by atoms with Gasteiger partial charge in [-0.25, -0.2) is 0 Å². The van der Waals surface area contributed by atoms with Gasteiger partial charge in [0.2, 0.25) is 0 Å². The van der Waals surface area contributed by atoms with Gasteiger partial charge in [0.1, 0.15) is 17.0 Å². The Morgan fingerprint density at radius 3 is 2.70 bits per heavy atom. The Balaban J connectivity index is 1.36. The van der Waals surface area contributed by atoms with Crippen molar-refractivity contribution in [3.8, 4) is 0 Å². The lowest BCUT2D eigenvalue weighted by molar-refractivity contribution is -0.164. The molecule has 27 heavy (non-hydrogen) atoms. The first-order valence-electron chi connectivity index (χ1n) is 11.0. The molecule has 0 aromatic carbocycles. The number of hydrogen-bond donors (Lipinski definition) is 0. The summed E-state index contributed by atoms with van der Waals surface area (Å²) in [5.41, 5.74) is 2.90. The van der Waals surface area contributed by atoms with Crippen LogP contribution in [0.25, 0.3) is 0 Å². The van der Waals surface area contributed by atoms with Crippen LogP contribution in [-0.2, 0) is 19.1 Å². The molecule has 2 unspecified atom stereocenters. The fourth-order valence-corrected chi connectivity index (χ4v) is 9.04. The molecule has 0 aromatic heterocycles. The third-order valence-electron chi connectivity index (χ3n) is 10.4. The molecule has 0 bridgehead atoms. The molecular weight excluding hydrogens is 340 g/mol. The van der Waals surface area contributed by atoms with E-state index in [1.54, 1.807) is 5.57 Å². The molecule has 4 saturated carbocycles. The lowest BCUT2D eigenvalue weighted by Crippen LogP contribution is -2.60. The van der Waals surface area contributed by atoms with E-state index >= 15 is 0 Å². The van der Waals surface area contributed by atoms with Crippen molar-refractivity contribution < 1.29 is 19.1 Å². The summed E-state index contributed by atoms with van der Waals surface area (Å²) < 4.78 is 12.8. The van der Waals surface area contributed by atoms with Gasteiger partial charge in [0, 0.05) is 36.0 Å². The van der Waals surface area contributed by atoms with Crippen molar-refractivity contribution in [1.29, 1.82) is 0 Å². The van der Waals surface area contributed by atoms with Crippen molar-refractivity contribution in [3.05, 3.63) is 11.1 Å². The van der Waals surface area contributed by atoms with Crippen LogP contribution in [-0.4, -0.2) is 29.1 Å². The standard InChI is InChI=1S/C23H28O4/c1-20-6-3-12(24)9-16(20)13-10-14(13)19-15-4-7-22(8-5-18(25)27-22)21(15,2)11-17-23(19,20)26-17/h14-15,17,19H,3-11H2,1-2H3/t14?,15-,17?,19-,20-,21-,22+,23+/m0/s1. The summed E-state index contributed by atoms with van der Waals surface area (Å²) in [5.74, 6) is 2.20. The monoisotopic (exact) mass is 368 g/mol. The molecule has 2 heterocycles. The van der Waals surface area contributed by atoms with Crippen molar-refractivity contribution in [2.45, 2.75) is 88.9 Å². The molecule has 5 aliphatic carbocycles. The largest absolute Gasteiger partial charge is 0.458 e. The Labute approximate surface area is 160 Å². The zero-order valence-electron chi connectivity index (χ0n) is 16.3. The van der Waals surface area contributed by atoms with Gasteiger partial charge in [0.15, 0.2) is 0 Å². The van der Waals surface area contributed by atoms with E-state index < -0.39 is 0 Å². The molecule has 2 saturated heterocycles. The van der Waals surface area contributed by atoms with Crippen LogP contribution in [0.4, 0.5) is 0 Å². The van der Waals surface area contributed by atoms with Crippen LogP contribution in [0.15, 0.2) is 11.1 Å². The third kappa shape index (κ3) is 1.47. The molecule has 0 aromatic rings. The molecule has 7 rings (SSSR count). The van der Waals surface area contributed by atoms with Gasteiger partial charge in [-0.3, -0.25) is 9.59 Å². The van der Waals surface area contributed by atoms with Crippen LogP contribution in [0, 0.1) is 28.6 Å². The van der Waals surface area contributed by atoms with Crippen molar-refractivity contribution in [2.24, 2.45) is 28.6 Å². The van der Waals surface area contributed by atoms with Gasteiger partial charge in [0.05, 0.1) is 6.10 Å². The quantitative estimate of drug-likeness (QED) is 0.371. The number of fused-ring (bicyclic) bond motifs is 6. The average Bonchev–Trinajstić information content (AvgIpc) is 3.49. The van der Waals surface area contributed by atoms with Crippen LogP contribution in [0.3, 0.4) is 0 Å². The molecule has 0 N–H and O–H groups in total. The van der Waals surface area contributed by atoms with Crippen molar-refractivity contribution >= 4 is 11.8 Å². The van der Waals surface area contributed by atoms with Gasteiger partial charge in [0.25, 0.3) is 0 Å². The maximum Gasteiger partial charge on any atom is 0.306 e. The van der Waals surface area contributed by atoms with E-state index in [-0.39, 0.29) is 34.1 Å². The van der Waals surface area contributed by atoms with Gasteiger partial charge in [-0.2, -0.15) is 0 Å². The summed E-state index contributed by atoms with van der Waals surface area (Å²) in [6, 6.07) is 0. The summed E-state index contributed by atoms with van der Waals surface area (Å²) in [7, 11) is 0. The molecule has 8 atom stereocenters. The first kappa shape index (κ1) is 15.7. The first-order chi connectivity index (χ1) is 12.8. The Morgan fingerprint density at radius 1 is 1.07 bits per heavy atom. The molecule has 0 radical (unpaired) electrons. The lowest BCUT2D eigenvalue weighted by Gasteiger charge is -2.56. The van der Waals surface area contributed by atoms with Crippen LogP contribution in [0.2, 0.25) is 0 Å². The number of epoxide rings is 1. The SMILES string of the molecule is C[C@]12CCC(=O)CC1=C1CC1[C@H]1[C@@H]3CC[C@@]4(CCC(=O)O4)[C@@]3(C)CC3O[C@]312. The average molecular weight is 368 g/mol. The van der Waals surface area contributed by atoms with E-state index in [9.17, 15) is 9.59 Å². The van der Waals surface area contributed by atoms with E-state index in [2.05, 4.69) is 13.8 Å². The van der Waals surface area contributed by atoms with Gasteiger partial charge >= 0.3 is 5.97 Å². The summed E-state index contributed by atoms with van der Waals surface area (Å²) >= 11 is 0. The van der Waals surface area contributed by atoms with E-state index in [0.29, 0.717) is 42.8 Å². The zero-order chi connectivity index (χ0) is 18.4. The second kappa shape index (κ2) is 4.22. The Morgan fingerprint density at radius 2 is 1.93 bits per heavy atom. The molecule has 4 nitrogen and oxygen atoms in total. The fourth-order valence-electron chi connectivity index (χ4n) is 9.04. The Bertz CT molecular complexity index is 858. The molecule has 2 aliphatic heterocycles. The second-order valence-corrected chi connectivity index (χ2v) is 11.0. The number of carbonyl (C=O) groups excluding carboxylic acids is 2. The Hall–Kier alpha value is -1.16. The van der Waals surface area contributed by atoms with E-state index in [1.807, 2.05) is 0 Å². The zero-order valence-corrected chi connectivity index (χ0v) is 16.3. The highest BCUT2D eigenvalue weighted by atomic mass is 16.6. The number of allylic oxidation sites excluding steroid dienone is 1. The van der Waals surface area contributed by atoms with Crippen LogP contribution in [0.5, 0.6) is 0 Å². The van der Waals surface area contributed by atoms with Crippen LogP contribution >= 0.6 is 0 Å². The minimum atomic E-state index is -0.241. The predicted molar refractivity (Wildman–Crippen MR) is 96.7 cm³/mol. The summed E-state index contributed by atoms with van der Waals surface area (Å²) in [4.78, 5) is 24.3. The Kier molecular flexibility index (Phi) is 2.46. The summed E-state index contributed by atoms with van der Waals surface area (Å²) in [6.07, 6.45) is 8.54. The number of carbonyl (C=O) groups is 2. The molecule has 6 fully saturated rings. The topological polar surface area (TPSA) is 55.9 Å². The second-order valence-electron chi connectivity index (χ2n) is 11.0. The number of rotatable bonds is 0. The molecule has 144 valence electrons. The number of ketones is 1. The molecule has 4 heteroatoms. The smallest absolute Gasteiger partial charge is 0.306 e. The summed E-state index contributed by atoms with van der Waals surface area (Å²) in [5, 5.41) is 0. The van der Waals surface area contributed by atoms with Gasteiger partial charge in [-0.05, 0) is 50.4 Å². The molecule has 7 aliphatic rings. The maximum atomic E-state index is 12.2. The van der Waals surface area contributed by atoms with Crippen molar-refractivity contribution in [2.75, 3.05) is 0 Å².